The highest BCUT2D eigenvalue weighted by molar-refractivity contribution is 5.99. The fourth-order valence-electron chi connectivity index (χ4n) is 2.51. The van der Waals surface area contributed by atoms with Crippen LogP contribution in [0.4, 0.5) is 21.6 Å². The summed E-state index contributed by atoms with van der Waals surface area (Å²) < 4.78 is 18.8. The van der Waals surface area contributed by atoms with Gasteiger partial charge in [0.25, 0.3) is 0 Å². The summed E-state index contributed by atoms with van der Waals surface area (Å²) in [4.78, 5) is 8.60. The molecule has 5 nitrogen and oxygen atoms in total. The van der Waals surface area contributed by atoms with Crippen molar-refractivity contribution in [3.05, 3.63) is 48.5 Å². The van der Waals surface area contributed by atoms with Crippen molar-refractivity contribution in [3.63, 3.8) is 0 Å². The Bertz CT molecular complexity index is 835. The van der Waals surface area contributed by atoms with Crippen molar-refractivity contribution < 1.29 is 9.13 Å². The predicted molar refractivity (Wildman–Crippen MR) is 83.2 cm³/mol. The Morgan fingerprint density at radius 1 is 1.09 bits per heavy atom. The molecule has 0 atom stereocenters. The topological polar surface area (TPSA) is 59.1 Å². The van der Waals surface area contributed by atoms with Crippen molar-refractivity contribution in [2.24, 2.45) is 0 Å². The molecule has 0 fully saturated rings. The molecule has 0 spiro atoms. The molecule has 3 aromatic rings. The molecule has 0 saturated carbocycles. The van der Waals surface area contributed by atoms with E-state index in [2.05, 4.69) is 20.6 Å². The number of hydrogen-bond donors (Lipinski definition) is 2. The third-order valence-corrected chi connectivity index (χ3v) is 3.53. The molecule has 0 saturated heterocycles. The van der Waals surface area contributed by atoms with Crippen molar-refractivity contribution in [3.8, 4) is 5.75 Å². The second kappa shape index (κ2) is 5.14. The van der Waals surface area contributed by atoms with Crippen LogP contribution in [-0.4, -0.2) is 23.1 Å². The number of fused-ring (bicyclic) bond motifs is 3. The van der Waals surface area contributed by atoms with Gasteiger partial charge in [-0.2, -0.15) is 0 Å². The van der Waals surface area contributed by atoms with Crippen LogP contribution in [-0.2, 0) is 0 Å². The lowest BCUT2D eigenvalue weighted by atomic mass is 10.1. The third-order valence-electron chi connectivity index (χ3n) is 3.53. The van der Waals surface area contributed by atoms with Gasteiger partial charge in [0.15, 0.2) is 5.75 Å². The van der Waals surface area contributed by atoms with Crippen molar-refractivity contribution in [1.82, 2.24) is 9.97 Å². The zero-order valence-electron chi connectivity index (χ0n) is 11.6. The molecule has 1 aliphatic heterocycles. The molecule has 1 aliphatic rings. The van der Waals surface area contributed by atoms with Crippen LogP contribution in [0.25, 0.3) is 10.9 Å². The smallest absolute Gasteiger partial charge is 0.155 e. The van der Waals surface area contributed by atoms with E-state index in [0.717, 1.165) is 34.6 Å². The lowest BCUT2D eigenvalue weighted by Crippen LogP contribution is -2.18. The molecule has 0 unspecified atom stereocenters. The monoisotopic (exact) mass is 296 g/mol. The molecular formula is C16H13FN4O. The first-order valence-electron chi connectivity index (χ1n) is 6.98. The minimum Gasteiger partial charge on any atom is -0.489 e. The zero-order chi connectivity index (χ0) is 14.9. The molecule has 0 radical (unpaired) electrons. The fourth-order valence-corrected chi connectivity index (χ4v) is 2.51. The van der Waals surface area contributed by atoms with E-state index in [0.29, 0.717) is 12.4 Å². The van der Waals surface area contributed by atoms with E-state index in [4.69, 9.17) is 4.74 Å². The van der Waals surface area contributed by atoms with E-state index >= 15 is 0 Å². The van der Waals surface area contributed by atoms with Gasteiger partial charge in [-0.25, -0.2) is 14.4 Å². The van der Waals surface area contributed by atoms with Crippen molar-refractivity contribution in [2.75, 3.05) is 23.8 Å². The highest BCUT2D eigenvalue weighted by atomic mass is 19.1. The summed E-state index contributed by atoms with van der Waals surface area (Å²) in [6.07, 6.45) is 1.50. The summed E-state index contributed by atoms with van der Waals surface area (Å²) >= 11 is 0. The highest BCUT2D eigenvalue weighted by Crippen LogP contribution is 2.38. The summed E-state index contributed by atoms with van der Waals surface area (Å²) in [5.74, 6) is 1.11. The lowest BCUT2D eigenvalue weighted by Gasteiger charge is -2.21. The van der Waals surface area contributed by atoms with Crippen LogP contribution in [0.5, 0.6) is 5.75 Å². The molecule has 0 bridgehead atoms. The molecule has 0 aliphatic carbocycles. The maximum Gasteiger partial charge on any atom is 0.155 e. The Kier molecular flexibility index (Phi) is 3.00. The summed E-state index contributed by atoms with van der Waals surface area (Å²) in [5.41, 5.74) is 2.47. The molecule has 0 amide bonds. The van der Waals surface area contributed by atoms with E-state index in [1.807, 2.05) is 12.1 Å². The number of ether oxygens (including phenoxy) is 1. The number of aromatic nitrogens is 2. The Balaban J connectivity index is 1.84. The second-order valence-electron chi connectivity index (χ2n) is 4.97. The molecule has 110 valence electrons. The number of nitrogens with one attached hydrogen (secondary N) is 2. The van der Waals surface area contributed by atoms with Gasteiger partial charge in [0, 0.05) is 12.2 Å². The summed E-state index contributed by atoms with van der Waals surface area (Å²) in [5, 5.41) is 7.31. The summed E-state index contributed by atoms with van der Waals surface area (Å²) in [6, 6.07) is 10.0. The molecule has 22 heavy (non-hydrogen) atoms. The Morgan fingerprint density at radius 3 is 2.82 bits per heavy atom. The van der Waals surface area contributed by atoms with Crippen LogP contribution < -0.4 is 15.4 Å². The quantitative estimate of drug-likeness (QED) is 0.759. The Labute approximate surface area is 126 Å². The first-order chi connectivity index (χ1) is 10.8. The average molecular weight is 296 g/mol. The van der Waals surface area contributed by atoms with Gasteiger partial charge in [0.2, 0.25) is 0 Å². The minimum absolute atomic E-state index is 0.275. The number of benzene rings is 2. The Hall–Kier alpha value is -2.89. The fraction of sp³-hybridized carbons (Fsp3) is 0.125. The van der Waals surface area contributed by atoms with E-state index in [-0.39, 0.29) is 5.82 Å². The number of halogens is 1. The van der Waals surface area contributed by atoms with Gasteiger partial charge in [-0.1, -0.05) is 0 Å². The van der Waals surface area contributed by atoms with Gasteiger partial charge in [-0.3, -0.25) is 0 Å². The zero-order valence-corrected chi connectivity index (χ0v) is 11.6. The summed E-state index contributed by atoms with van der Waals surface area (Å²) in [7, 11) is 0. The van der Waals surface area contributed by atoms with E-state index < -0.39 is 0 Å². The predicted octanol–water partition coefficient (Wildman–Crippen LogP) is 3.32. The molecule has 2 heterocycles. The van der Waals surface area contributed by atoms with Crippen LogP contribution in [0, 0.1) is 5.82 Å². The Morgan fingerprint density at radius 2 is 1.95 bits per heavy atom. The molecule has 2 aromatic carbocycles. The molecule has 4 rings (SSSR count). The second-order valence-corrected chi connectivity index (χ2v) is 4.97. The van der Waals surface area contributed by atoms with Crippen molar-refractivity contribution >= 4 is 28.1 Å². The van der Waals surface area contributed by atoms with Crippen LogP contribution in [0.1, 0.15) is 0 Å². The normalized spacial score (nSPS) is 13.1. The van der Waals surface area contributed by atoms with Gasteiger partial charge in [0.1, 0.15) is 24.6 Å². The molecule has 6 heteroatoms. The van der Waals surface area contributed by atoms with Gasteiger partial charge < -0.3 is 15.4 Å². The van der Waals surface area contributed by atoms with Crippen molar-refractivity contribution in [2.45, 2.75) is 0 Å². The maximum atomic E-state index is 13.0. The van der Waals surface area contributed by atoms with E-state index in [9.17, 15) is 4.39 Å². The first kappa shape index (κ1) is 12.8. The van der Waals surface area contributed by atoms with Gasteiger partial charge in [-0.15, -0.1) is 0 Å². The standard InChI is InChI=1S/C16H13FN4O/c17-10-1-3-11(4-2-10)21-16-14-12(19-9-20-16)5-6-13-15(14)22-8-7-18-13/h1-6,9,18H,7-8H2,(H,19,20,21). The SMILES string of the molecule is Fc1ccc(Nc2ncnc3ccc4c(c23)OCCN4)cc1. The number of hydrogen-bond acceptors (Lipinski definition) is 5. The number of rotatable bonds is 2. The van der Waals surface area contributed by atoms with Crippen LogP contribution >= 0.6 is 0 Å². The van der Waals surface area contributed by atoms with Gasteiger partial charge in [0.05, 0.1) is 16.6 Å². The van der Waals surface area contributed by atoms with E-state index in [1.54, 1.807) is 12.1 Å². The maximum absolute atomic E-state index is 13.0. The van der Waals surface area contributed by atoms with Crippen LogP contribution in [0.2, 0.25) is 0 Å². The van der Waals surface area contributed by atoms with E-state index in [1.165, 1.54) is 18.5 Å². The lowest BCUT2D eigenvalue weighted by molar-refractivity contribution is 0.327. The van der Waals surface area contributed by atoms with Crippen LogP contribution in [0.15, 0.2) is 42.7 Å². The van der Waals surface area contributed by atoms with Gasteiger partial charge >= 0.3 is 0 Å². The average Bonchev–Trinajstić information content (AvgIpc) is 2.57. The van der Waals surface area contributed by atoms with Crippen molar-refractivity contribution in [1.29, 1.82) is 0 Å². The first-order valence-corrected chi connectivity index (χ1v) is 6.98. The molecule has 2 N–H and O–H groups in total. The molecular weight excluding hydrogens is 283 g/mol. The largest absolute Gasteiger partial charge is 0.489 e. The number of nitrogens with zero attached hydrogens (tertiary/aromatic N) is 2. The third kappa shape index (κ3) is 2.18. The minimum atomic E-state index is -0.275. The highest BCUT2D eigenvalue weighted by Gasteiger charge is 2.17. The molecule has 1 aromatic heterocycles. The van der Waals surface area contributed by atoms with Gasteiger partial charge in [-0.05, 0) is 36.4 Å². The summed E-state index contributed by atoms with van der Waals surface area (Å²) in [6.45, 7) is 1.36. The van der Waals surface area contributed by atoms with Crippen LogP contribution in [0.3, 0.4) is 0 Å². The number of anilines is 3.